The maximum atomic E-state index is 12.3. The number of hydrogen-bond acceptors (Lipinski definition) is 8. The van der Waals surface area contributed by atoms with Crippen LogP contribution in [0.5, 0.6) is 0 Å². The zero-order chi connectivity index (χ0) is 23.4. The highest BCUT2D eigenvalue weighted by atomic mass is 32.2. The van der Waals surface area contributed by atoms with E-state index in [1.165, 1.54) is 13.2 Å². The van der Waals surface area contributed by atoms with Crippen molar-refractivity contribution in [1.29, 1.82) is 0 Å². The van der Waals surface area contributed by atoms with Gasteiger partial charge in [-0.15, -0.1) is 0 Å². The van der Waals surface area contributed by atoms with Crippen LogP contribution in [-0.4, -0.2) is 49.1 Å². The van der Waals surface area contributed by atoms with Gasteiger partial charge in [0.1, 0.15) is 5.60 Å². The molecule has 1 aliphatic heterocycles. The summed E-state index contributed by atoms with van der Waals surface area (Å²) < 4.78 is 39.9. The Hall–Kier alpha value is -2.79. The molecule has 2 rings (SSSR count). The normalized spacial score (nSPS) is 17.1. The van der Waals surface area contributed by atoms with E-state index in [9.17, 15) is 23.1 Å². The van der Waals surface area contributed by atoms with Gasteiger partial charge in [0.05, 0.1) is 19.6 Å². The number of carbonyl (C=O) groups is 2. The van der Waals surface area contributed by atoms with Gasteiger partial charge in [-0.1, -0.05) is 18.2 Å². The highest BCUT2D eigenvalue weighted by molar-refractivity contribution is 7.84. The number of amides is 1. The maximum absolute atomic E-state index is 12.3. The van der Waals surface area contributed by atoms with Gasteiger partial charge in [0.2, 0.25) is 0 Å². The minimum Gasteiger partial charge on any atom is -0.480 e. The molecule has 1 aliphatic rings. The van der Waals surface area contributed by atoms with E-state index in [4.69, 9.17) is 9.47 Å². The summed E-state index contributed by atoms with van der Waals surface area (Å²) in [5.41, 5.74) is 1.29. The number of aryl methyl sites for hydroxylation is 1. The summed E-state index contributed by atoms with van der Waals surface area (Å²) in [4.78, 5) is 24.2. The molecule has 0 saturated carbocycles. The van der Waals surface area contributed by atoms with E-state index in [2.05, 4.69) is 9.50 Å². The first-order valence-electron chi connectivity index (χ1n) is 9.55. The molecule has 0 saturated heterocycles. The minimum atomic E-state index is -4.13. The van der Waals surface area contributed by atoms with Crippen LogP contribution < -0.4 is 5.32 Å². The summed E-state index contributed by atoms with van der Waals surface area (Å²) in [5, 5.41) is 12.0. The monoisotopic (exact) mass is 456 g/mol. The first-order valence-corrected chi connectivity index (χ1v) is 10.9. The van der Waals surface area contributed by atoms with Gasteiger partial charge in [0.15, 0.2) is 0 Å². The van der Waals surface area contributed by atoms with Crippen LogP contribution in [0.3, 0.4) is 0 Å². The molecule has 0 aromatic heterocycles. The third-order valence-corrected chi connectivity index (χ3v) is 5.68. The lowest BCUT2D eigenvalue weighted by molar-refractivity contribution is -0.141. The highest BCUT2D eigenvalue weighted by Crippen LogP contribution is 2.25. The van der Waals surface area contributed by atoms with E-state index in [-0.39, 0.29) is 19.5 Å². The number of benzene rings is 1. The lowest BCUT2D eigenvalue weighted by atomic mass is 9.98. The number of ether oxygens (including phenoxy) is 2. The number of aliphatic hydroxyl groups excluding tert-OH is 1. The van der Waals surface area contributed by atoms with Crippen LogP contribution >= 0.6 is 0 Å². The molecule has 31 heavy (non-hydrogen) atoms. The number of carbonyl (C=O) groups excluding carboxylic acids is 2. The lowest BCUT2D eigenvalue weighted by Gasteiger charge is -2.26. The zero-order valence-electron chi connectivity index (χ0n) is 18.2. The van der Waals surface area contributed by atoms with E-state index in [1.807, 2.05) is 0 Å². The zero-order valence-corrected chi connectivity index (χ0v) is 19.0. The van der Waals surface area contributed by atoms with Crippen molar-refractivity contribution in [3.05, 3.63) is 46.9 Å². The molecule has 0 spiro atoms. The van der Waals surface area contributed by atoms with Crippen molar-refractivity contribution in [3.8, 4) is 0 Å². The van der Waals surface area contributed by atoms with Crippen molar-refractivity contribution >= 4 is 22.4 Å². The fourth-order valence-corrected chi connectivity index (χ4v) is 3.77. The molecule has 1 heterocycles. The number of nitrogens with one attached hydrogen (secondary N) is 1. The average molecular weight is 457 g/mol. The Morgan fingerprint density at radius 3 is 2.58 bits per heavy atom. The first-order chi connectivity index (χ1) is 14.3. The van der Waals surface area contributed by atoms with Crippen LogP contribution in [0.2, 0.25) is 0 Å². The summed E-state index contributed by atoms with van der Waals surface area (Å²) in [6, 6.07) is 4.45. The van der Waals surface area contributed by atoms with Crippen LogP contribution in [-0.2, 0) is 35.3 Å². The molecule has 172 valence electrons. The number of alkyl carbamates (subject to hydrolysis) is 1. The fraction of sp³-hybridized carbons (Fsp3) is 0.500. The Kier molecular flexibility index (Phi) is 7.55. The number of esters is 1. The number of nitrogens with zero attached hydrogens (tertiary/aromatic N) is 1. The Bertz CT molecular complexity index is 966. The molecule has 0 bridgehead atoms. The molecular weight excluding hydrogens is 428 g/mol. The lowest BCUT2D eigenvalue weighted by Crippen LogP contribution is -2.36. The molecule has 1 aromatic rings. The predicted octanol–water partition coefficient (Wildman–Crippen LogP) is 2.60. The SMILES string of the molecule is COC(=O)CC(NC(=O)OC(C)(C)C)c1ccc(C)c(CN2CC=C(O)OS2(=O)=O)c1. The van der Waals surface area contributed by atoms with Gasteiger partial charge < -0.3 is 24.1 Å². The molecule has 1 aromatic carbocycles. The van der Waals surface area contributed by atoms with Crippen LogP contribution in [0.4, 0.5) is 4.79 Å². The molecule has 1 amide bonds. The van der Waals surface area contributed by atoms with Crippen LogP contribution in [0, 0.1) is 6.92 Å². The van der Waals surface area contributed by atoms with Gasteiger partial charge in [-0.2, -0.15) is 12.7 Å². The number of aliphatic hydroxyl groups is 1. The van der Waals surface area contributed by atoms with Gasteiger partial charge in [-0.25, -0.2) is 4.79 Å². The van der Waals surface area contributed by atoms with Crippen molar-refractivity contribution in [3.63, 3.8) is 0 Å². The summed E-state index contributed by atoms with van der Waals surface area (Å²) in [7, 11) is -2.88. The van der Waals surface area contributed by atoms with Gasteiger partial charge in [0.25, 0.3) is 5.95 Å². The Balaban J connectivity index is 2.30. The Morgan fingerprint density at radius 2 is 2.00 bits per heavy atom. The van der Waals surface area contributed by atoms with Gasteiger partial charge >= 0.3 is 22.4 Å². The second-order valence-corrected chi connectivity index (χ2v) is 9.58. The predicted molar refractivity (Wildman–Crippen MR) is 111 cm³/mol. The van der Waals surface area contributed by atoms with E-state index in [0.29, 0.717) is 11.1 Å². The van der Waals surface area contributed by atoms with E-state index < -0.39 is 40.0 Å². The van der Waals surface area contributed by atoms with E-state index in [0.717, 1.165) is 9.87 Å². The standard InChI is InChI=1S/C20H28N2O8S/c1-13-6-7-14(10-15(13)12-22-9-8-17(23)30-31(22,26)27)16(11-18(24)28-5)21-19(25)29-20(2,3)4/h6-8,10,16,23H,9,11-12H2,1-5H3,(H,21,25). The smallest absolute Gasteiger partial charge is 0.408 e. The fourth-order valence-electron chi connectivity index (χ4n) is 2.83. The summed E-state index contributed by atoms with van der Waals surface area (Å²) >= 11 is 0. The number of hydrogen-bond donors (Lipinski definition) is 2. The van der Waals surface area contributed by atoms with Crippen molar-refractivity contribution in [2.24, 2.45) is 0 Å². The van der Waals surface area contributed by atoms with Crippen LogP contribution in [0.25, 0.3) is 0 Å². The molecule has 1 unspecified atom stereocenters. The van der Waals surface area contributed by atoms with Crippen LogP contribution in [0.1, 0.15) is 49.9 Å². The first kappa shape index (κ1) is 24.5. The van der Waals surface area contributed by atoms with Crippen molar-refractivity contribution in [2.45, 2.75) is 52.3 Å². The quantitative estimate of drug-likeness (QED) is 0.625. The number of methoxy groups -OCH3 is 1. The summed E-state index contributed by atoms with van der Waals surface area (Å²) in [6.45, 7) is 6.89. The molecular formula is C20H28N2O8S. The van der Waals surface area contributed by atoms with Crippen molar-refractivity contribution < 1.29 is 36.8 Å². The molecule has 0 radical (unpaired) electrons. The van der Waals surface area contributed by atoms with E-state index in [1.54, 1.807) is 45.9 Å². The minimum absolute atomic E-state index is 0.0246. The van der Waals surface area contributed by atoms with Gasteiger partial charge in [0, 0.05) is 19.2 Å². The topological polar surface area (TPSA) is 131 Å². The number of rotatable bonds is 6. The third kappa shape index (κ3) is 7.14. The van der Waals surface area contributed by atoms with Crippen LogP contribution in [0.15, 0.2) is 30.2 Å². The Morgan fingerprint density at radius 1 is 1.32 bits per heavy atom. The third-order valence-electron chi connectivity index (χ3n) is 4.39. The molecule has 0 fully saturated rings. The average Bonchev–Trinajstić information content (AvgIpc) is 2.62. The second-order valence-electron chi connectivity index (χ2n) is 8.04. The molecule has 2 N–H and O–H groups in total. The maximum Gasteiger partial charge on any atom is 0.408 e. The Labute approximate surface area is 182 Å². The summed E-state index contributed by atoms with van der Waals surface area (Å²) in [6.07, 6.45) is 0.404. The van der Waals surface area contributed by atoms with E-state index >= 15 is 0 Å². The summed E-state index contributed by atoms with van der Waals surface area (Å²) in [5.74, 6) is -1.20. The largest absolute Gasteiger partial charge is 0.480 e. The van der Waals surface area contributed by atoms with Gasteiger partial charge in [-0.05, 0) is 44.4 Å². The highest BCUT2D eigenvalue weighted by Gasteiger charge is 2.30. The molecule has 0 aliphatic carbocycles. The van der Waals surface area contributed by atoms with Gasteiger partial charge in [-0.3, -0.25) is 4.79 Å². The van der Waals surface area contributed by atoms with Crippen molar-refractivity contribution in [1.82, 2.24) is 9.62 Å². The second kappa shape index (κ2) is 9.56. The molecule has 10 nitrogen and oxygen atoms in total. The molecule has 11 heteroatoms. The van der Waals surface area contributed by atoms with Crippen molar-refractivity contribution in [2.75, 3.05) is 13.7 Å². The molecule has 1 atom stereocenters.